The fourth-order valence-electron chi connectivity index (χ4n) is 4.64. The van der Waals surface area contributed by atoms with Crippen LogP contribution in [0.3, 0.4) is 0 Å². The molecule has 2 aromatic carbocycles. The summed E-state index contributed by atoms with van der Waals surface area (Å²) in [6.07, 6.45) is 0.272. The molecule has 4 nitrogen and oxygen atoms in total. The number of rotatable bonds is 4. The Balaban J connectivity index is 1.40. The molecule has 0 aromatic heterocycles. The normalized spacial score (nSPS) is 26.7. The van der Waals surface area contributed by atoms with Crippen molar-refractivity contribution in [1.82, 2.24) is 9.80 Å². The minimum atomic E-state index is -1.05. The zero-order valence-corrected chi connectivity index (χ0v) is 16.5. The number of halogens is 2. The van der Waals surface area contributed by atoms with E-state index in [1.807, 2.05) is 16.7 Å². The number of benzene rings is 2. The largest absolute Gasteiger partial charge is 0.508 e. The van der Waals surface area contributed by atoms with Crippen molar-refractivity contribution in [3.05, 3.63) is 65.5 Å². The van der Waals surface area contributed by atoms with Crippen LogP contribution in [-0.4, -0.2) is 52.7 Å². The number of nitrogens with zero attached hydrogens (tertiary/aromatic N) is 2. The number of piperidine rings is 1. The highest BCUT2D eigenvalue weighted by Crippen LogP contribution is 2.35. The molecule has 2 aliphatic rings. The van der Waals surface area contributed by atoms with Crippen LogP contribution in [0, 0.1) is 5.82 Å². The summed E-state index contributed by atoms with van der Waals surface area (Å²) in [5.74, 6) is -0.305. The van der Waals surface area contributed by atoms with Crippen molar-refractivity contribution in [1.29, 1.82) is 0 Å². The van der Waals surface area contributed by atoms with Gasteiger partial charge in [-0.1, -0.05) is 24.3 Å². The smallest absolute Gasteiger partial charge is 0.240 e. The number of carbonyl (C=O) groups excluding carboxylic acids is 1. The highest BCUT2D eigenvalue weighted by Gasteiger charge is 2.42. The summed E-state index contributed by atoms with van der Waals surface area (Å²) >= 11 is 0. The highest BCUT2D eigenvalue weighted by atomic mass is 19.1. The second-order valence-corrected chi connectivity index (χ2v) is 8.06. The van der Waals surface area contributed by atoms with Gasteiger partial charge in [0.05, 0.1) is 12.1 Å². The van der Waals surface area contributed by atoms with E-state index in [1.54, 1.807) is 36.4 Å². The fraction of sp³-hybridized carbons (Fsp3) is 0.435. The molecule has 0 bridgehead atoms. The van der Waals surface area contributed by atoms with Crippen molar-refractivity contribution in [3.63, 3.8) is 0 Å². The van der Waals surface area contributed by atoms with Gasteiger partial charge in [-0.3, -0.25) is 9.69 Å². The average molecular weight is 400 g/mol. The predicted octanol–water partition coefficient (Wildman–Crippen LogP) is 4.02. The van der Waals surface area contributed by atoms with E-state index in [0.717, 1.165) is 11.1 Å². The van der Waals surface area contributed by atoms with Gasteiger partial charge in [0.15, 0.2) is 0 Å². The zero-order chi connectivity index (χ0) is 20.5. The van der Waals surface area contributed by atoms with E-state index in [1.165, 1.54) is 12.1 Å². The van der Waals surface area contributed by atoms with Crippen LogP contribution in [0.25, 0.3) is 0 Å². The van der Waals surface area contributed by atoms with Crippen LogP contribution in [0.1, 0.15) is 42.9 Å². The summed E-state index contributed by atoms with van der Waals surface area (Å²) in [4.78, 5) is 16.8. The average Bonchev–Trinajstić information content (AvgIpc) is 3.10. The maximum absolute atomic E-state index is 15.0. The molecule has 4 rings (SSSR count). The number of aromatic hydroxyl groups is 1. The van der Waals surface area contributed by atoms with Crippen molar-refractivity contribution >= 4 is 5.91 Å². The second-order valence-electron chi connectivity index (χ2n) is 8.06. The van der Waals surface area contributed by atoms with Gasteiger partial charge in [-0.25, -0.2) is 8.78 Å². The standard InChI is InChI=1S/C23H26F2N2O2/c1-15(16-2-6-18(24)7-3-16)27-13-11-22(23(27)29)26-12-10-20(21(25)14-26)17-4-8-19(28)9-5-17/h2-9,15,20-22,28H,10-14H2,1H3/t15-,20-,21+,22+/m0/s1. The number of likely N-dealkylation sites (tertiary alicyclic amines) is 2. The first kappa shape index (κ1) is 19.8. The molecule has 0 unspecified atom stereocenters. The van der Waals surface area contributed by atoms with Crippen LogP contribution in [-0.2, 0) is 4.79 Å². The summed E-state index contributed by atoms with van der Waals surface area (Å²) in [5, 5.41) is 9.44. The molecular formula is C23H26F2N2O2. The maximum Gasteiger partial charge on any atom is 0.240 e. The number of phenols is 1. The van der Waals surface area contributed by atoms with E-state index < -0.39 is 6.17 Å². The monoisotopic (exact) mass is 400 g/mol. The van der Waals surface area contributed by atoms with Crippen molar-refractivity contribution in [2.24, 2.45) is 0 Å². The third-order valence-corrected chi connectivity index (χ3v) is 6.37. The van der Waals surface area contributed by atoms with Gasteiger partial charge in [0, 0.05) is 19.0 Å². The van der Waals surface area contributed by atoms with Gasteiger partial charge in [0.2, 0.25) is 5.91 Å². The molecular weight excluding hydrogens is 374 g/mol. The van der Waals surface area contributed by atoms with Gasteiger partial charge in [-0.05, 0) is 61.7 Å². The molecule has 29 heavy (non-hydrogen) atoms. The van der Waals surface area contributed by atoms with E-state index in [2.05, 4.69) is 0 Å². The van der Waals surface area contributed by atoms with Gasteiger partial charge < -0.3 is 10.0 Å². The van der Waals surface area contributed by atoms with E-state index in [-0.39, 0.29) is 42.0 Å². The summed E-state index contributed by atoms with van der Waals surface area (Å²) in [7, 11) is 0. The van der Waals surface area contributed by atoms with Crippen LogP contribution in [0.15, 0.2) is 48.5 Å². The van der Waals surface area contributed by atoms with Crippen LogP contribution >= 0.6 is 0 Å². The molecule has 2 aliphatic heterocycles. The molecule has 1 N–H and O–H groups in total. The van der Waals surface area contributed by atoms with Crippen molar-refractivity contribution in [3.8, 4) is 5.75 Å². The van der Waals surface area contributed by atoms with Gasteiger partial charge in [-0.2, -0.15) is 0 Å². The molecule has 4 atom stereocenters. The Morgan fingerprint density at radius 1 is 1.03 bits per heavy atom. The number of phenolic OH excluding ortho intramolecular Hbond substituents is 1. The molecule has 2 fully saturated rings. The number of hydrogen-bond donors (Lipinski definition) is 1. The highest BCUT2D eigenvalue weighted by molar-refractivity contribution is 5.84. The van der Waals surface area contributed by atoms with Crippen LogP contribution in [0.4, 0.5) is 8.78 Å². The van der Waals surface area contributed by atoms with E-state index in [0.29, 0.717) is 25.9 Å². The van der Waals surface area contributed by atoms with Crippen molar-refractivity contribution in [2.45, 2.75) is 43.9 Å². The molecule has 2 aromatic rings. The Labute approximate surface area is 169 Å². The first-order valence-corrected chi connectivity index (χ1v) is 10.2. The Morgan fingerprint density at radius 3 is 2.38 bits per heavy atom. The molecule has 2 heterocycles. The van der Waals surface area contributed by atoms with Gasteiger partial charge in [0.25, 0.3) is 0 Å². The molecule has 6 heteroatoms. The third kappa shape index (κ3) is 3.99. The minimum Gasteiger partial charge on any atom is -0.508 e. The minimum absolute atomic E-state index is 0.0251. The lowest BCUT2D eigenvalue weighted by Gasteiger charge is -2.38. The van der Waals surface area contributed by atoms with Gasteiger partial charge in [-0.15, -0.1) is 0 Å². The lowest BCUT2D eigenvalue weighted by molar-refractivity contribution is -0.134. The quantitative estimate of drug-likeness (QED) is 0.843. The van der Waals surface area contributed by atoms with E-state index in [9.17, 15) is 18.7 Å². The Bertz CT molecular complexity index is 856. The Kier molecular flexibility index (Phi) is 5.54. The Morgan fingerprint density at radius 2 is 1.72 bits per heavy atom. The SMILES string of the molecule is C[C@@H](c1ccc(F)cc1)N1CC[C@@H](N2CC[C@@H](c3ccc(O)cc3)[C@H](F)C2)C1=O. The number of carbonyl (C=O) groups is 1. The summed E-state index contributed by atoms with van der Waals surface area (Å²) in [6, 6.07) is 12.5. The lowest BCUT2D eigenvalue weighted by atomic mass is 9.87. The van der Waals surface area contributed by atoms with Crippen molar-refractivity contribution in [2.75, 3.05) is 19.6 Å². The second kappa shape index (κ2) is 8.11. The molecule has 1 amide bonds. The van der Waals surface area contributed by atoms with Gasteiger partial charge in [0.1, 0.15) is 17.7 Å². The molecule has 0 saturated carbocycles. The van der Waals surface area contributed by atoms with Crippen LogP contribution in [0.2, 0.25) is 0 Å². The predicted molar refractivity (Wildman–Crippen MR) is 107 cm³/mol. The van der Waals surface area contributed by atoms with Crippen molar-refractivity contribution < 1.29 is 18.7 Å². The summed E-state index contributed by atoms with van der Waals surface area (Å²) in [6.45, 7) is 3.47. The lowest BCUT2D eigenvalue weighted by Crippen LogP contribution is -2.49. The molecule has 2 saturated heterocycles. The fourth-order valence-corrected chi connectivity index (χ4v) is 4.64. The van der Waals surface area contributed by atoms with Crippen LogP contribution < -0.4 is 0 Å². The zero-order valence-electron chi connectivity index (χ0n) is 16.5. The summed E-state index contributed by atoms with van der Waals surface area (Å²) in [5.41, 5.74) is 1.79. The topological polar surface area (TPSA) is 43.8 Å². The summed E-state index contributed by atoms with van der Waals surface area (Å²) < 4.78 is 28.1. The van der Waals surface area contributed by atoms with Gasteiger partial charge >= 0.3 is 0 Å². The molecule has 0 radical (unpaired) electrons. The Hall–Kier alpha value is -2.47. The molecule has 0 aliphatic carbocycles. The van der Waals surface area contributed by atoms with E-state index >= 15 is 0 Å². The number of amides is 1. The first-order chi connectivity index (χ1) is 13.9. The number of alkyl halides is 1. The molecule has 154 valence electrons. The third-order valence-electron chi connectivity index (χ3n) is 6.37. The first-order valence-electron chi connectivity index (χ1n) is 10.2. The molecule has 0 spiro atoms. The number of hydrogen-bond acceptors (Lipinski definition) is 3. The van der Waals surface area contributed by atoms with E-state index in [4.69, 9.17) is 0 Å². The maximum atomic E-state index is 15.0. The van der Waals surface area contributed by atoms with Crippen LogP contribution in [0.5, 0.6) is 5.75 Å².